The van der Waals surface area contributed by atoms with Crippen LogP contribution < -0.4 is 4.74 Å². The number of hydrogen-bond acceptors (Lipinski definition) is 4. The second-order valence-electron chi connectivity index (χ2n) is 5.84. The summed E-state index contributed by atoms with van der Waals surface area (Å²) in [5.41, 5.74) is 2.86. The zero-order valence-corrected chi connectivity index (χ0v) is 14.8. The van der Waals surface area contributed by atoms with Crippen molar-refractivity contribution in [3.8, 4) is 5.75 Å². The molecule has 0 radical (unpaired) electrons. The molecule has 0 amide bonds. The molecule has 3 aromatic rings. The number of thiophene rings is 1. The number of carboxylic acid groups (broad SMARTS) is 1. The fraction of sp³-hybridized carbons (Fsp3) is 0.333. The Kier molecular flexibility index (Phi) is 4.57. The average molecular weight is 344 g/mol. The maximum atomic E-state index is 11.4. The SMILES string of the molecule is CCC(C(=O)O)c1csc2cc(OCc3cc(C)nn3C)ccc12. The molecule has 2 heterocycles. The van der Waals surface area contributed by atoms with Crippen molar-refractivity contribution >= 4 is 27.4 Å². The number of carboxylic acids is 1. The molecule has 0 aliphatic carbocycles. The van der Waals surface area contributed by atoms with Gasteiger partial charge in [0, 0.05) is 11.7 Å². The highest BCUT2D eigenvalue weighted by molar-refractivity contribution is 7.17. The minimum Gasteiger partial charge on any atom is -0.487 e. The molecule has 1 atom stereocenters. The monoisotopic (exact) mass is 344 g/mol. The first-order valence-electron chi connectivity index (χ1n) is 7.86. The van der Waals surface area contributed by atoms with E-state index in [4.69, 9.17) is 4.74 Å². The van der Waals surface area contributed by atoms with E-state index in [2.05, 4.69) is 5.10 Å². The molecular weight excluding hydrogens is 324 g/mol. The summed E-state index contributed by atoms with van der Waals surface area (Å²) >= 11 is 1.56. The fourth-order valence-electron chi connectivity index (χ4n) is 2.87. The molecule has 6 heteroatoms. The van der Waals surface area contributed by atoms with Crippen LogP contribution in [-0.2, 0) is 18.4 Å². The molecule has 2 aromatic heterocycles. The summed E-state index contributed by atoms with van der Waals surface area (Å²) in [6, 6.07) is 7.83. The van der Waals surface area contributed by atoms with E-state index in [1.807, 2.05) is 55.2 Å². The number of rotatable bonds is 6. The van der Waals surface area contributed by atoms with Crippen LogP contribution in [0.4, 0.5) is 0 Å². The van der Waals surface area contributed by atoms with Crippen molar-refractivity contribution in [3.63, 3.8) is 0 Å². The van der Waals surface area contributed by atoms with Gasteiger partial charge in [-0.05, 0) is 53.9 Å². The Labute approximate surface area is 144 Å². The number of aromatic nitrogens is 2. The first kappa shape index (κ1) is 16.5. The van der Waals surface area contributed by atoms with Gasteiger partial charge in [0.25, 0.3) is 0 Å². The lowest BCUT2D eigenvalue weighted by atomic mass is 9.96. The van der Waals surface area contributed by atoms with Crippen LogP contribution in [0.3, 0.4) is 0 Å². The second-order valence-corrected chi connectivity index (χ2v) is 6.75. The number of ether oxygens (including phenoxy) is 1. The largest absolute Gasteiger partial charge is 0.487 e. The lowest BCUT2D eigenvalue weighted by molar-refractivity contribution is -0.138. The van der Waals surface area contributed by atoms with Crippen molar-refractivity contribution in [2.45, 2.75) is 32.8 Å². The van der Waals surface area contributed by atoms with Crippen LogP contribution in [-0.4, -0.2) is 20.9 Å². The highest BCUT2D eigenvalue weighted by atomic mass is 32.1. The molecule has 126 valence electrons. The summed E-state index contributed by atoms with van der Waals surface area (Å²) in [5, 5.41) is 16.6. The fourth-order valence-corrected chi connectivity index (χ4v) is 3.92. The average Bonchev–Trinajstić information content (AvgIpc) is 3.08. The summed E-state index contributed by atoms with van der Waals surface area (Å²) < 4.78 is 8.73. The summed E-state index contributed by atoms with van der Waals surface area (Å²) in [4.78, 5) is 11.4. The van der Waals surface area contributed by atoms with E-state index in [9.17, 15) is 9.90 Å². The first-order valence-corrected chi connectivity index (χ1v) is 8.73. The minimum absolute atomic E-state index is 0.452. The number of carbonyl (C=O) groups is 1. The van der Waals surface area contributed by atoms with Crippen LogP contribution in [0.2, 0.25) is 0 Å². The van der Waals surface area contributed by atoms with E-state index >= 15 is 0 Å². The Hall–Kier alpha value is -2.34. The van der Waals surface area contributed by atoms with Crippen LogP contribution in [0, 0.1) is 6.92 Å². The maximum Gasteiger partial charge on any atom is 0.311 e. The molecule has 1 unspecified atom stereocenters. The Morgan fingerprint density at radius 2 is 2.21 bits per heavy atom. The molecule has 0 spiro atoms. The predicted molar refractivity (Wildman–Crippen MR) is 94.8 cm³/mol. The third-order valence-corrected chi connectivity index (χ3v) is 5.11. The van der Waals surface area contributed by atoms with Gasteiger partial charge in [-0.15, -0.1) is 11.3 Å². The molecule has 0 bridgehead atoms. The highest BCUT2D eigenvalue weighted by Crippen LogP contribution is 2.35. The van der Waals surface area contributed by atoms with Crippen molar-refractivity contribution in [2.75, 3.05) is 0 Å². The van der Waals surface area contributed by atoms with E-state index in [-0.39, 0.29) is 0 Å². The van der Waals surface area contributed by atoms with Gasteiger partial charge in [-0.3, -0.25) is 9.48 Å². The number of nitrogens with zero attached hydrogens (tertiary/aromatic N) is 2. The molecule has 1 N–H and O–H groups in total. The molecular formula is C18H20N2O3S. The summed E-state index contributed by atoms with van der Waals surface area (Å²) in [6.45, 7) is 4.30. The number of fused-ring (bicyclic) bond motifs is 1. The van der Waals surface area contributed by atoms with Gasteiger partial charge >= 0.3 is 5.97 Å². The van der Waals surface area contributed by atoms with Crippen LogP contribution >= 0.6 is 11.3 Å². The highest BCUT2D eigenvalue weighted by Gasteiger charge is 2.21. The van der Waals surface area contributed by atoms with Crippen molar-refractivity contribution < 1.29 is 14.6 Å². The summed E-state index contributed by atoms with van der Waals surface area (Å²) in [7, 11) is 1.90. The molecule has 24 heavy (non-hydrogen) atoms. The van der Waals surface area contributed by atoms with E-state index in [0.29, 0.717) is 13.0 Å². The van der Waals surface area contributed by atoms with Gasteiger partial charge in [-0.1, -0.05) is 6.92 Å². The molecule has 1 aromatic carbocycles. The zero-order chi connectivity index (χ0) is 17.3. The Balaban J connectivity index is 1.82. The standard InChI is InChI=1S/C18H20N2O3S/c1-4-14(18(21)22)16-10-24-17-8-13(5-6-15(16)17)23-9-12-7-11(2)19-20(12)3/h5-8,10,14H,4,9H2,1-3H3,(H,21,22). The second kappa shape index (κ2) is 6.65. The van der Waals surface area contributed by atoms with Crippen molar-refractivity contribution in [1.29, 1.82) is 0 Å². The smallest absolute Gasteiger partial charge is 0.311 e. The minimum atomic E-state index is -0.774. The molecule has 0 saturated heterocycles. The van der Waals surface area contributed by atoms with E-state index in [0.717, 1.165) is 32.8 Å². The van der Waals surface area contributed by atoms with Gasteiger partial charge in [0.05, 0.1) is 17.3 Å². The summed E-state index contributed by atoms with van der Waals surface area (Å²) in [5.74, 6) is -0.454. The van der Waals surface area contributed by atoms with Gasteiger partial charge in [-0.2, -0.15) is 5.10 Å². The number of aliphatic carboxylic acids is 1. The molecule has 0 saturated carbocycles. The van der Waals surface area contributed by atoms with Crippen molar-refractivity contribution in [2.24, 2.45) is 7.05 Å². The zero-order valence-electron chi connectivity index (χ0n) is 13.9. The number of aryl methyl sites for hydroxylation is 2. The lowest BCUT2D eigenvalue weighted by Crippen LogP contribution is -2.09. The molecule has 0 aliphatic rings. The lowest BCUT2D eigenvalue weighted by Gasteiger charge is -2.09. The van der Waals surface area contributed by atoms with Crippen LogP contribution in [0.1, 0.15) is 36.2 Å². The van der Waals surface area contributed by atoms with Crippen molar-refractivity contribution in [1.82, 2.24) is 9.78 Å². The Bertz CT molecular complexity index is 882. The predicted octanol–water partition coefficient (Wildman–Crippen LogP) is 4.10. The topological polar surface area (TPSA) is 64.3 Å². The molecule has 0 aliphatic heterocycles. The molecule has 0 fully saturated rings. The third kappa shape index (κ3) is 3.14. The normalized spacial score (nSPS) is 12.5. The van der Waals surface area contributed by atoms with Gasteiger partial charge < -0.3 is 9.84 Å². The van der Waals surface area contributed by atoms with Gasteiger partial charge in [0.1, 0.15) is 12.4 Å². The van der Waals surface area contributed by atoms with E-state index in [1.54, 1.807) is 11.3 Å². The van der Waals surface area contributed by atoms with Gasteiger partial charge in [0.2, 0.25) is 0 Å². The molecule has 5 nitrogen and oxygen atoms in total. The number of benzene rings is 1. The Morgan fingerprint density at radius 1 is 1.42 bits per heavy atom. The van der Waals surface area contributed by atoms with Crippen LogP contribution in [0.5, 0.6) is 5.75 Å². The maximum absolute atomic E-state index is 11.4. The first-order chi connectivity index (χ1) is 11.5. The number of hydrogen-bond donors (Lipinski definition) is 1. The Morgan fingerprint density at radius 3 is 2.83 bits per heavy atom. The van der Waals surface area contributed by atoms with Crippen LogP contribution in [0.25, 0.3) is 10.1 Å². The molecule has 3 rings (SSSR count). The van der Waals surface area contributed by atoms with Crippen molar-refractivity contribution in [3.05, 3.63) is 46.6 Å². The van der Waals surface area contributed by atoms with E-state index < -0.39 is 11.9 Å². The van der Waals surface area contributed by atoms with Gasteiger partial charge in [0.15, 0.2) is 0 Å². The third-order valence-electron chi connectivity index (χ3n) is 4.14. The summed E-state index contributed by atoms with van der Waals surface area (Å²) in [6.07, 6.45) is 0.583. The quantitative estimate of drug-likeness (QED) is 0.731. The van der Waals surface area contributed by atoms with Crippen LogP contribution in [0.15, 0.2) is 29.6 Å². The van der Waals surface area contributed by atoms with Gasteiger partial charge in [-0.25, -0.2) is 0 Å². The van der Waals surface area contributed by atoms with E-state index in [1.165, 1.54) is 0 Å².